The summed E-state index contributed by atoms with van der Waals surface area (Å²) in [5.41, 5.74) is 2.92. The number of carbonyl (C=O) groups is 2. The first-order valence-electron chi connectivity index (χ1n) is 9.74. The van der Waals surface area contributed by atoms with Crippen LogP contribution in [0.3, 0.4) is 0 Å². The Labute approximate surface area is 179 Å². The van der Waals surface area contributed by atoms with Crippen molar-refractivity contribution in [1.29, 1.82) is 5.26 Å². The fourth-order valence-electron chi connectivity index (χ4n) is 4.05. The molecule has 8 heteroatoms. The first kappa shape index (κ1) is 20.1. The fraction of sp³-hybridized carbons (Fsp3) is 0.318. The Morgan fingerprint density at radius 2 is 2.17 bits per heavy atom. The van der Waals surface area contributed by atoms with Crippen molar-refractivity contribution in [3.05, 3.63) is 59.2 Å². The van der Waals surface area contributed by atoms with Gasteiger partial charge in [0.15, 0.2) is 4.87 Å². The van der Waals surface area contributed by atoms with Crippen molar-refractivity contribution in [3.8, 4) is 11.8 Å². The molecule has 0 aliphatic carbocycles. The number of ether oxygens (including phenoxy) is 1. The number of amides is 3. The van der Waals surface area contributed by atoms with Gasteiger partial charge in [-0.15, -0.1) is 11.8 Å². The molecule has 0 bridgehead atoms. The van der Waals surface area contributed by atoms with Crippen LogP contribution in [-0.2, 0) is 16.2 Å². The molecule has 0 saturated carbocycles. The molecular formula is C22H22N4O3S. The highest BCUT2D eigenvalue weighted by atomic mass is 32.2. The van der Waals surface area contributed by atoms with Gasteiger partial charge < -0.3 is 15.0 Å². The molecule has 0 radical (unpaired) electrons. The maximum Gasteiger partial charge on any atom is 0.319 e. The van der Waals surface area contributed by atoms with E-state index in [4.69, 9.17) is 4.74 Å². The Morgan fingerprint density at radius 1 is 1.33 bits per heavy atom. The second-order valence-electron chi connectivity index (χ2n) is 7.07. The first-order valence-corrected chi connectivity index (χ1v) is 10.7. The third-order valence-electron chi connectivity index (χ3n) is 5.37. The lowest BCUT2D eigenvalue weighted by Gasteiger charge is -2.33. The third-order valence-corrected chi connectivity index (χ3v) is 6.79. The second-order valence-corrected chi connectivity index (χ2v) is 8.35. The van der Waals surface area contributed by atoms with Crippen LogP contribution in [0.2, 0.25) is 0 Å². The summed E-state index contributed by atoms with van der Waals surface area (Å²) in [4.78, 5) is 28.9. The molecule has 1 spiro atoms. The molecule has 30 heavy (non-hydrogen) atoms. The van der Waals surface area contributed by atoms with Crippen LogP contribution in [0.25, 0.3) is 0 Å². The van der Waals surface area contributed by atoms with E-state index in [2.05, 4.69) is 11.4 Å². The summed E-state index contributed by atoms with van der Waals surface area (Å²) in [5, 5.41) is 12.0. The average molecular weight is 423 g/mol. The number of carbonyl (C=O) groups excluding carboxylic acids is 2. The number of benzene rings is 2. The van der Waals surface area contributed by atoms with Gasteiger partial charge in [0, 0.05) is 24.4 Å². The highest BCUT2D eigenvalue weighted by Gasteiger charge is 2.59. The molecule has 2 aliphatic heterocycles. The summed E-state index contributed by atoms with van der Waals surface area (Å²) < 4.78 is 5.41. The van der Waals surface area contributed by atoms with E-state index in [1.54, 1.807) is 29.0 Å². The van der Waals surface area contributed by atoms with Crippen molar-refractivity contribution in [1.82, 2.24) is 10.2 Å². The summed E-state index contributed by atoms with van der Waals surface area (Å²) in [6.07, 6.45) is 0. The Balaban J connectivity index is 1.81. The Bertz CT molecular complexity index is 1050. The lowest BCUT2D eigenvalue weighted by molar-refractivity contribution is -0.123. The number of hydrogen-bond acceptors (Lipinski definition) is 5. The van der Waals surface area contributed by atoms with Crippen LogP contribution < -0.4 is 15.0 Å². The molecule has 1 fully saturated rings. The Hall–Kier alpha value is -3.18. The molecule has 1 saturated heterocycles. The largest absolute Gasteiger partial charge is 0.497 e. The SMILES string of the molecule is CCNC(=O)N1CCSC12C(=O)N(Cc1cccc(C#N)c1)c1ccc(OC)cc12. The fourth-order valence-corrected chi connectivity index (χ4v) is 5.50. The average Bonchev–Trinajstić information content (AvgIpc) is 3.31. The van der Waals surface area contributed by atoms with Gasteiger partial charge in [-0.1, -0.05) is 12.1 Å². The number of hydrogen-bond donors (Lipinski definition) is 1. The minimum Gasteiger partial charge on any atom is -0.497 e. The summed E-state index contributed by atoms with van der Waals surface area (Å²) >= 11 is 1.47. The number of nitrogens with one attached hydrogen (secondary N) is 1. The van der Waals surface area contributed by atoms with Gasteiger partial charge >= 0.3 is 6.03 Å². The predicted octanol–water partition coefficient (Wildman–Crippen LogP) is 3.04. The van der Waals surface area contributed by atoms with Crippen molar-refractivity contribution in [2.24, 2.45) is 0 Å². The molecule has 1 atom stereocenters. The normalized spacial score (nSPS) is 19.7. The maximum atomic E-state index is 13.8. The molecule has 0 aromatic heterocycles. The Morgan fingerprint density at radius 3 is 2.90 bits per heavy atom. The second kappa shape index (κ2) is 7.92. The molecule has 3 amide bonds. The van der Waals surface area contributed by atoms with E-state index >= 15 is 0 Å². The number of methoxy groups -OCH3 is 1. The minimum atomic E-state index is -1.12. The van der Waals surface area contributed by atoms with Gasteiger partial charge in [-0.05, 0) is 42.8 Å². The van der Waals surface area contributed by atoms with Crippen molar-refractivity contribution in [2.75, 3.05) is 30.9 Å². The highest BCUT2D eigenvalue weighted by molar-refractivity contribution is 8.01. The van der Waals surface area contributed by atoms with Crippen molar-refractivity contribution in [3.63, 3.8) is 0 Å². The van der Waals surface area contributed by atoms with E-state index in [9.17, 15) is 14.9 Å². The number of rotatable bonds is 4. The molecule has 2 aromatic carbocycles. The molecule has 2 aliphatic rings. The van der Waals surface area contributed by atoms with E-state index in [0.717, 1.165) is 16.8 Å². The van der Waals surface area contributed by atoms with Crippen LogP contribution in [0, 0.1) is 11.3 Å². The van der Waals surface area contributed by atoms with Crippen LogP contribution in [0.5, 0.6) is 5.75 Å². The standard InChI is InChI=1S/C22H22N4O3S/c1-3-24-21(28)26-9-10-30-22(26)18-12-17(29-2)7-8-19(18)25(20(22)27)14-16-6-4-5-15(11-16)13-23/h4-8,11-12H,3,9-10,14H2,1-2H3,(H,24,28). The summed E-state index contributed by atoms with van der Waals surface area (Å²) in [6.45, 7) is 3.14. The molecule has 2 heterocycles. The van der Waals surface area contributed by atoms with E-state index < -0.39 is 4.87 Å². The quantitative estimate of drug-likeness (QED) is 0.819. The molecule has 4 rings (SSSR count). The van der Waals surface area contributed by atoms with Gasteiger partial charge in [0.25, 0.3) is 5.91 Å². The van der Waals surface area contributed by atoms with Crippen LogP contribution in [0.4, 0.5) is 10.5 Å². The van der Waals surface area contributed by atoms with E-state index in [1.165, 1.54) is 11.8 Å². The van der Waals surface area contributed by atoms with Crippen LogP contribution in [-0.4, -0.2) is 42.8 Å². The zero-order valence-electron chi connectivity index (χ0n) is 16.8. The van der Waals surface area contributed by atoms with Gasteiger partial charge in [0.1, 0.15) is 5.75 Å². The molecule has 2 aromatic rings. The monoisotopic (exact) mass is 422 g/mol. The van der Waals surface area contributed by atoms with Crippen LogP contribution >= 0.6 is 11.8 Å². The number of nitriles is 1. The van der Waals surface area contributed by atoms with Crippen LogP contribution in [0.1, 0.15) is 23.6 Å². The number of urea groups is 1. The van der Waals surface area contributed by atoms with Gasteiger partial charge in [0.2, 0.25) is 0 Å². The molecular weight excluding hydrogens is 400 g/mol. The zero-order valence-corrected chi connectivity index (χ0v) is 17.7. The number of fused-ring (bicyclic) bond motifs is 2. The van der Waals surface area contributed by atoms with Gasteiger partial charge in [0.05, 0.1) is 31.0 Å². The van der Waals surface area contributed by atoms with E-state index in [0.29, 0.717) is 36.7 Å². The number of anilines is 1. The lowest BCUT2D eigenvalue weighted by atomic mass is 10.1. The zero-order chi connectivity index (χ0) is 21.3. The summed E-state index contributed by atoms with van der Waals surface area (Å²) in [7, 11) is 1.58. The predicted molar refractivity (Wildman–Crippen MR) is 115 cm³/mol. The topological polar surface area (TPSA) is 85.7 Å². The first-order chi connectivity index (χ1) is 14.5. The van der Waals surface area contributed by atoms with Crippen LogP contribution in [0.15, 0.2) is 42.5 Å². The van der Waals surface area contributed by atoms with Gasteiger partial charge in [-0.2, -0.15) is 5.26 Å². The molecule has 1 N–H and O–H groups in total. The van der Waals surface area contributed by atoms with Crippen molar-refractivity contribution < 1.29 is 14.3 Å². The van der Waals surface area contributed by atoms with E-state index in [-0.39, 0.29) is 11.9 Å². The smallest absolute Gasteiger partial charge is 0.319 e. The molecule has 7 nitrogen and oxygen atoms in total. The van der Waals surface area contributed by atoms with E-state index in [1.807, 2.05) is 37.3 Å². The third kappa shape index (κ3) is 3.06. The summed E-state index contributed by atoms with van der Waals surface area (Å²) in [6, 6.07) is 14.6. The number of nitrogens with zero attached hydrogens (tertiary/aromatic N) is 3. The van der Waals surface area contributed by atoms with Crippen molar-refractivity contribution >= 4 is 29.4 Å². The maximum absolute atomic E-state index is 13.8. The molecule has 1 unspecified atom stereocenters. The number of thioether (sulfide) groups is 1. The lowest BCUT2D eigenvalue weighted by Crippen LogP contribution is -2.53. The van der Waals surface area contributed by atoms with Gasteiger partial charge in [-0.25, -0.2) is 4.79 Å². The minimum absolute atomic E-state index is 0.151. The summed E-state index contributed by atoms with van der Waals surface area (Å²) in [5.74, 6) is 1.15. The molecule has 154 valence electrons. The highest BCUT2D eigenvalue weighted by Crippen LogP contribution is 2.55. The van der Waals surface area contributed by atoms with Gasteiger partial charge in [-0.3, -0.25) is 9.69 Å². The van der Waals surface area contributed by atoms with Crippen molar-refractivity contribution in [2.45, 2.75) is 18.3 Å². The Kier molecular flexibility index (Phi) is 5.31.